The van der Waals surface area contributed by atoms with E-state index in [0.29, 0.717) is 10.7 Å². The van der Waals surface area contributed by atoms with Crippen molar-refractivity contribution in [3.8, 4) is 0 Å². The maximum atomic E-state index is 11.3. The van der Waals surface area contributed by atoms with Crippen LogP contribution >= 0.6 is 35.6 Å². The number of hydrazine groups is 1. The third kappa shape index (κ3) is 4.26. The van der Waals surface area contributed by atoms with Crippen LogP contribution in [0.1, 0.15) is 6.42 Å². The lowest BCUT2D eigenvalue weighted by molar-refractivity contribution is -0.118. The standard InChI is InChI=1S/C9H10Cl2N2O.ClH/c10-6-5-9(14)13(12)8-3-1-7(11)2-4-8;/h1-4H,5-6,12H2;1H. The van der Waals surface area contributed by atoms with Crippen LogP contribution in [0.25, 0.3) is 0 Å². The highest BCUT2D eigenvalue weighted by molar-refractivity contribution is 6.30. The Morgan fingerprint density at radius 1 is 1.33 bits per heavy atom. The number of hydrogen-bond donors (Lipinski definition) is 1. The van der Waals surface area contributed by atoms with Crippen molar-refractivity contribution in [2.45, 2.75) is 6.42 Å². The van der Waals surface area contributed by atoms with Crippen LogP contribution < -0.4 is 10.9 Å². The molecule has 0 unspecified atom stereocenters. The van der Waals surface area contributed by atoms with Crippen LogP contribution in [0.2, 0.25) is 5.02 Å². The molecule has 0 aliphatic heterocycles. The highest BCUT2D eigenvalue weighted by Gasteiger charge is 2.10. The Morgan fingerprint density at radius 3 is 2.33 bits per heavy atom. The third-order valence-electron chi connectivity index (χ3n) is 1.68. The highest BCUT2D eigenvalue weighted by atomic mass is 35.5. The van der Waals surface area contributed by atoms with Crippen LogP contribution in [-0.2, 0) is 4.79 Å². The van der Waals surface area contributed by atoms with Gasteiger partial charge in [0.05, 0.1) is 5.69 Å². The number of halogens is 3. The molecule has 6 heteroatoms. The highest BCUT2D eigenvalue weighted by Crippen LogP contribution is 2.16. The smallest absolute Gasteiger partial charge is 0.242 e. The first-order valence-corrected chi connectivity index (χ1v) is 4.95. The summed E-state index contributed by atoms with van der Waals surface area (Å²) >= 11 is 11.1. The largest absolute Gasteiger partial charge is 0.273 e. The fourth-order valence-corrected chi connectivity index (χ4v) is 1.23. The first kappa shape index (κ1) is 14.5. The minimum absolute atomic E-state index is 0. The van der Waals surface area contributed by atoms with Crippen molar-refractivity contribution in [3.05, 3.63) is 29.3 Å². The van der Waals surface area contributed by atoms with Crippen molar-refractivity contribution in [2.24, 2.45) is 5.84 Å². The summed E-state index contributed by atoms with van der Waals surface area (Å²) in [6.07, 6.45) is 0.223. The molecule has 84 valence electrons. The van der Waals surface area contributed by atoms with Crippen molar-refractivity contribution in [3.63, 3.8) is 0 Å². The molecule has 0 heterocycles. The van der Waals surface area contributed by atoms with E-state index in [9.17, 15) is 4.79 Å². The molecule has 15 heavy (non-hydrogen) atoms. The van der Waals surface area contributed by atoms with E-state index in [2.05, 4.69) is 0 Å². The molecule has 0 saturated heterocycles. The maximum absolute atomic E-state index is 11.3. The third-order valence-corrected chi connectivity index (χ3v) is 2.12. The lowest BCUT2D eigenvalue weighted by Gasteiger charge is -2.15. The molecule has 1 aromatic rings. The van der Waals surface area contributed by atoms with Crippen LogP contribution in [0.3, 0.4) is 0 Å². The maximum Gasteiger partial charge on any atom is 0.242 e. The summed E-state index contributed by atoms with van der Waals surface area (Å²) in [7, 11) is 0. The SMILES string of the molecule is Cl.NN(C(=O)CCCl)c1ccc(Cl)cc1. The summed E-state index contributed by atoms with van der Waals surface area (Å²) in [5.74, 6) is 5.60. The van der Waals surface area contributed by atoms with Gasteiger partial charge in [-0.15, -0.1) is 24.0 Å². The monoisotopic (exact) mass is 268 g/mol. The van der Waals surface area contributed by atoms with E-state index in [4.69, 9.17) is 29.0 Å². The van der Waals surface area contributed by atoms with Crippen LogP contribution in [0, 0.1) is 0 Å². The van der Waals surface area contributed by atoms with Gasteiger partial charge in [-0.2, -0.15) is 0 Å². The zero-order valence-electron chi connectivity index (χ0n) is 7.82. The number of anilines is 1. The average molecular weight is 270 g/mol. The first-order chi connectivity index (χ1) is 6.65. The van der Waals surface area contributed by atoms with Gasteiger partial charge in [-0.3, -0.25) is 4.79 Å². The number of rotatable bonds is 3. The van der Waals surface area contributed by atoms with Gasteiger partial charge in [0.2, 0.25) is 5.91 Å². The average Bonchev–Trinajstić information content (AvgIpc) is 2.18. The Bertz CT molecular complexity index is 316. The Hall–Kier alpha value is -0.480. The lowest BCUT2D eigenvalue weighted by Crippen LogP contribution is -2.37. The minimum Gasteiger partial charge on any atom is -0.273 e. The fourth-order valence-electron chi connectivity index (χ4n) is 0.947. The van der Waals surface area contributed by atoms with Gasteiger partial charge in [0, 0.05) is 17.3 Å². The molecule has 3 nitrogen and oxygen atoms in total. The summed E-state index contributed by atoms with van der Waals surface area (Å²) in [6.45, 7) is 0. The van der Waals surface area contributed by atoms with Gasteiger partial charge in [-0.1, -0.05) is 11.6 Å². The van der Waals surface area contributed by atoms with Crippen LogP contribution in [-0.4, -0.2) is 11.8 Å². The van der Waals surface area contributed by atoms with E-state index in [1.807, 2.05) is 0 Å². The second-order valence-corrected chi connectivity index (χ2v) is 3.49. The van der Waals surface area contributed by atoms with E-state index in [1.165, 1.54) is 0 Å². The molecule has 0 radical (unpaired) electrons. The molecule has 0 aliphatic rings. The lowest BCUT2D eigenvalue weighted by atomic mass is 10.3. The second-order valence-electron chi connectivity index (χ2n) is 2.68. The van der Waals surface area contributed by atoms with Gasteiger partial charge in [0.15, 0.2) is 0 Å². The van der Waals surface area contributed by atoms with Crippen molar-refractivity contribution < 1.29 is 4.79 Å². The van der Waals surface area contributed by atoms with E-state index in [-0.39, 0.29) is 30.6 Å². The number of alkyl halides is 1. The predicted molar refractivity (Wildman–Crippen MR) is 65.7 cm³/mol. The van der Waals surface area contributed by atoms with Gasteiger partial charge in [0.1, 0.15) is 0 Å². The number of amides is 1. The number of nitrogens with zero attached hydrogens (tertiary/aromatic N) is 1. The molecule has 0 saturated carbocycles. The number of nitrogens with two attached hydrogens (primary N) is 1. The predicted octanol–water partition coefficient (Wildman–Crippen LogP) is 2.60. The summed E-state index contributed by atoms with van der Waals surface area (Å²) in [5, 5.41) is 1.67. The van der Waals surface area contributed by atoms with Crippen LogP contribution in [0.15, 0.2) is 24.3 Å². The van der Waals surface area contributed by atoms with Crippen LogP contribution in [0.5, 0.6) is 0 Å². The zero-order chi connectivity index (χ0) is 10.6. The Labute approximate surface area is 105 Å². The number of benzene rings is 1. The second kappa shape index (κ2) is 6.90. The van der Waals surface area contributed by atoms with E-state index in [1.54, 1.807) is 24.3 Å². The van der Waals surface area contributed by atoms with Crippen LogP contribution in [0.4, 0.5) is 5.69 Å². The zero-order valence-corrected chi connectivity index (χ0v) is 10.1. The minimum atomic E-state index is -0.220. The molecule has 1 aromatic carbocycles. The number of carbonyl (C=O) groups excluding carboxylic acids is 1. The van der Waals surface area contributed by atoms with Gasteiger partial charge in [0.25, 0.3) is 0 Å². The van der Waals surface area contributed by atoms with Crippen molar-refractivity contribution in [2.75, 3.05) is 10.9 Å². The van der Waals surface area contributed by atoms with Gasteiger partial charge < -0.3 is 0 Å². The molecule has 0 spiro atoms. The molecule has 0 aliphatic carbocycles. The molecule has 1 rings (SSSR count). The number of hydrogen-bond acceptors (Lipinski definition) is 2. The summed E-state index contributed by atoms with van der Waals surface area (Å²) in [6, 6.07) is 6.69. The molecular weight excluding hydrogens is 258 g/mol. The van der Waals surface area contributed by atoms with Crippen molar-refractivity contribution >= 4 is 47.2 Å². The summed E-state index contributed by atoms with van der Waals surface area (Å²) in [5.41, 5.74) is 0.601. The van der Waals surface area contributed by atoms with E-state index >= 15 is 0 Å². The molecule has 0 atom stereocenters. The molecule has 0 bridgehead atoms. The van der Waals surface area contributed by atoms with E-state index in [0.717, 1.165) is 5.01 Å². The fraction of sp³-hybridized carbons (Fsp3) is 0.222. The Kier molecular flexibility index (Phi) is 6.68. The summed E-state index contributed by atoms with van der Waals surface area (Å²) in [4.78, 5) is 11.3. The van der Waals surface area contributed by atoms with Gasteiger partial charge in [-0.05, 0) is 24.3 Å². The Balaban J connectivity index is 0.00000196. The van der Waals surface area contributed by atoms with Crippen molar-refractivity contribution in [1.29, 1.82) is 0 Å². The topological polar surface area (TPSA) is 46.3 Å². The van der Waals surface area contributed by atoms with E-state index < -0.39 is 0 Å². The number of carbonyl (C=O) groups is 1. The van der Waals surface area contributed by atoms with Gasteiger partial charge in [-0.25, -0.2) is 10.9 Å². The Morgan fingerprint density at radius 2 is 1.87 bits per heavy atom. The molecule has 0 aromatic heterocycles. The summed E-state index contributed by atoms with van der Waals surface area (Å²) < 4.78 is 0. The molecule has 1 amide bonds. The van der Waals surface area contributed by atoms with Crippen molar-refractivity contribution in [1.82, 2.24) is 0 Å². The van der Waals surface area contributed by atoms with Gasteiger partial charge >= 0.3 is 0 Å². The normalized spacial score (nSPS) is 9.27. The quantitative estimate of drug-likeness (QED) is 0.397. The molecular formula is C9H11Cl3N2O. The first-order valence-electron chi connectivity index (χ1n) is 4.04. The molecule has 2 N–H and O–H groups in total. The molecule has 0 fully saturated rings.